The van der Waals surface area contributed by atoms with Gasteiger partial charge in [-0.05, 0) is 35.4 Å². The number of carboxylic acid groups (broad SMARTS) is 1. The van der Waals surface area contributed by atoms with E-state index in [0.29, 0.717) is 23.4 Å². The fourth-order valence-corrected chi connectivity index (χ4v) is 10.3. The Balaban J connectivity index is 1.19. The number of nitrogens with zero attached hydrogens (tertiary/aromatic N) is 4. The lowest BCUT2D eigenvalue weighted by molar-refractivity contribution is -1.08. The number of piperazine rings is 3. The van der Waals surface area contributed by atoms with Crippen molar-refractivity contribution in [3.05, 3.63) is 52.7 Å². The summed E-state index contributed by atoms with van der Waals surface area (Å²) in [6, 6.07) is 9.43. The van der Waals surface area contributed by atoms with Gasteiger partial charge in [0.15, 0.2) is 6.54 Å². The standard InChI is InChI=1S/C31H37N5O7S/c1-18-23(29(31(40)41)34-28(18)27(19(2)37)30(34)39)14-33-25-6-5-21-4-3-20(13-22(21)24(25)17-44(33,42)43)15-35-7-10-36(11-8-35,12-9-35)16-26(32)38/h3-6,13,18-19,27-28,37H,7-12,14-17H2,1-2H3,(H-2,32,38,40,41)/p+2/t18-,19+,27+,28+,35?,36?/m0/s1. The zero-order valence-corrected chi connectivity index (χ0v) is 25.8. The Hall–Kier alpha value is -3.52. The van der Waals surface area contributed by atoms with E-state index in [0.717, 1.165) is 71.1 Å². The maximum Gasteiger partial charge on any atom is 0.352 e. The monoisotopic (exact) mass is 625 g/mol. The normalized spacial score (nSPS) is 32.5. The number of β-lactam (4-membered cyclic amide) rings is 1. The summed E-state index contributed by atoms with van der Waals surface area (Å²) in [4.78, 5) is 38.0. The quantitative estimate of drug-likeness (QED) is 0.282. The van der Waals surface area contributed by atoms with Crippen LogP contribution in [0.3, 0.4) is 0 Å². The summed E-state index contributed by atoms with van der Waals surface area (Å²) >= 11 is 0. The van der Waals surface area contributed by atoms with Gasteiger partial charge in [0.05, 0.1) is 36.0 Å². The summed E-state index contributed by atoms with van der Waals surface area (Å²) in [5, 5.41) is 22.1. The van der Waals surface area contributed by atoms with Gasteiger partial charge in [-0.15, -0.1) is 0 Å². The Morgan fingerprint density at radius 2 is 1.70 bits per heavy atom. The van der Waals surface area contributed by atoms with E-state index in [1.54, 1.807) is 13.0 Å². The summed E-state index contributed by atoms with van der Waals surface area (Å²) < 4.78 is 30.3. The summed E-state index contributed by atoms with van der Waals surface area (Å²) in [5.41, 5.74) is 8.09. The van der Waals surface area contributed by atoms with E-state index in [1.807, 2.05) is 12.1 Å². The van der Waals surface area contributed by atoms with Gasteiger partial charge in [-0.25, -0.2) is 13.2 Å². The van der Waals surface area contributed by atoms with Crippen molar-refractivity contribution >= 4 is 44.3 Å². The molecule has 4 fully saturated rings. The number of sulfonamides is 1. The number of primary amides is 1. The van der Waals surface area contributed by atoms with Crippen LogP contribution in [0.15, 0.2) is 41.6 Å². The summed E-state index contributed by atoms with van der Waals surface area (Å²) in [6.07, 6.45) is -0.936. The number of anilines is 1. The molecule has 0 aromatic heterocycles. The Morgan fingerprint density at radius 1 is 1.07 bits per heavy atom. The second kappa shape index (κ2) is 9.74. The molecule has 0 aliphatic carbocycles. The first-order chi connectivity index (χ1) is 20.7. The van der Waals surface area contributed by atoms with Gasteiger partial charge in [-0.3, -0.25) is 13.9 Å². The van der Waals surface area contributed by atoms with Gasteiger partial charge in [0.1, 0.15) is 51.5 Å². The third-order valence-corrected chi connectivity index (χ3v) is 12.7. The predicted molar refractivity (Wildman–Crippen MR) is 161 cm³/mol. The van der Waals surface area contributed by atoms with Gasteiger partial charge in [-0.2, -0.15) is 0 Å². The van der Waals surface area contributed by atoms with Crippen LogP contribution < -0.4 is 10.0 Å². The lowest BCUT2D eigenvalue weighted by atomic mass is 9.78. The first kappa shape index (κ1) is 29.2. The van der Waals surface area contributed by atoms with Crippen LogP contribution in [0.25, 0.3) is 10.8 Å². The smallest absolute Gasteiger partial charge is 0.352 e. The molecule has 0 unspecified atom stereocenters. The number of carbonyl (C=O) groups excluding carboxylic acids is 2. The van der Waals surface area contributed by atoms with Gasteiger partial charge in [-0.1, -0.05) is 25.1 Å². The number of carboxylic acids is 1. The molecule has 44 heavy (non-hydrogen) atoms. The molecule has 0 radical (unpaired) electrons. The van der Waals surface area contributed by atoms with Gasteiger partial charge in [0.2, 0.25) is 15.9 Å². The third-order valence-electron chi connectivity index (χ3n) is 11.1. The number of aliphatic hydroxyl groups excluding tert-OH is 1. The minimum atomic E-state index is -3.81. The molecule has 4 atom stereocenters. The fourth-order valence-electron chi connectivity index (χ4n) is 8.64. The number of benzene rings is 2. The second-order valence-corrected chi connectivity index (χ2v) is 15.5. The van der Waals surface area contributed by atoms with Crippen molar-refractivity contribution in [2.75, 3.05) is 56.7 Å². The summed E-state index contributed by atoms with van der Waals surface area (Å²) in [6.45, 7) is 10.1. The van der Waals surface area contributed by atoms with E-state index in [9.17, 15) is 33.0 Å². The van der Waals surface area contributed by atoms with E-state index < -0.39 is 45.9 Å². The van der Waals surface area contributed by atoms with E-state index in [-0.39, 0.29) is 23.9 Å². The van der Waals surface area contributed by atoms with E-state index >= 15 is 0 Å². The summed E-state index contributed by atoms with van der Waals surface area (Å²) in [5.74, 6) is -3.30. The van der Waals surface area contributed by atoms with Crippen LogP contribution >= 0.6 is 0 Å². The topological polar surface area (TPSA) is 158 Å². The maximum absolute atomic E-state index is 13.7. The van der Waals surface area contributed by atoms with Crippen LogP contribution in [-0.4, -0.2) is 115 Å². The molecule has 13 heteroatoms. The van der Waals surface area contributed by atoms with Gasteiger partial charge >= 0.3 is 5.97 Å². The highest BCUT2D eigenvalue weighted by Gasteiger charge is 2.60. The number of fused-ring (bicyclic) bond motifs is 7. The second-order valence-electron chi connectivity index (χ2n) is 13.6. The van der Waals surface area contributed by atoms with Gasteiger partial charge < -0.3 is 29.8 Å². The molecule has 4 saturated heterocycles. The highest BCUT2D eigenvalue weighted by molar-refractivity contribution is 7.92. The lowest BCUT2D eigenvalue weighted by Gasteiger charge is -2.55. The Labute approximate surface area is 256 Å². The molecule has 0 saturated carbocycles. The number of amides is 2. The Bertz CT molecular complexity index is 1750. The lowest BCUT2D eigenvalue weighted by Crippen LogP contribution is -2.75. The molecular weight excluding hydrogens is 586 g/mol. The average molecular weight is 626 g/mol. The van der Waals surface area contributed by atoms with Crippen LogP contribution in [0.2, 0.25) is 0 Å². The zero-order chi connectivity index (χ0) is 31.3. The highest BCUT2D eigenvalue weighted by atomic mass is 32.2. The van der Waals surface area contributed by atoms with Crippen LogP contribution in [0, 0.1) is 11.8 Å². The molecule has 2 amide bonds. The first-order valence-electron chi connectivity index (χ1n) is 15.3. The number of nitrogens with two attached hydrogens (primary N) is 1. The number of rotatable bonds is 8. The molecule has 4 N–H and O–H groups in total. The van der Waals surface area contributed by atoms with Crippen molar-refractivity contribution in [3.8, 4) is 0 Å². The number of carbonyl (C=O) groups is 3. The first-order valence-corrected chi connectivity index (χ1v) is 16.9. The molecule has 0 spiro atoms. The van der Waals surface area contributed by atoms with Crippen molar-refractivity contribution in [3.63, 3.8) is 0 Å². The third kappa shape index (κ3) is 4.27. The van der Waals surface area contributed by atoms with Crippen LogP contribution in [-0.2, 0) is 36.7 Å². The van der Waals surface area contributed by atoms with Crippen molar-refractivity contribution < 1.29 is 42.0 Å². The van der Waals surface area contributed by atoms with Crippen molar-refractivity contribution in [2.24, 2.45) is 17.6 Å². The number of hydrogen-bond donors (Lipinski definition) is 3. The molecule has 8 rings (SSSR count). The average Bonchev–Trinajstić information content (AvgIpc) is 3.36. The van der Waals surface area contributed by atoms with Crippen molar-refractivity contribution in [1.82, 2.24) is 4.90 Å². The fraction of sp³-hybridized carbons (Fsp3) is 0.516. The largest absolute Gasteiger partial charge is 0.477 e. The highest BCUT2D eigenvalue weighted by Crippen LogP contribution is 2.49. The predicted octanol–water partition coefficient (Wildman–Crippen LogP) is 0.332. The zero-order valence-electron chi connectivity index (χ0n) is 25.0. The van der Waals surface area contributed by atoms with Gasteiger partial charge in [0, 0.05) is 17.0 Å². The minimum Gasteiger partial charge on any atom is -0.477 e. The van der Waals surface area contributed by atoms with E-state index in [4.69, 9.17) is 5.73 Å². The molecule has 6 aliphatic rings. The molecule has 6 heterocycles. The van der Waals surface area contributed by atoms with Crippen molar-refractivity contribution in [2.45, 2.75) is 38.3 Å². The number of aliphatic hydroxyl groups is 1. The van der Waals surface area contributed by atoms with Crippen LogP contribution in [0.5, 0.6) is 0 Å². The van der Waals surface area contributed by atoms with E-state index in [1.165, 1.54) is 16.1 Å². The van der Waals surface area contributed by atoms with E-state index in [2.05, 4.69) is 12.1 Å². The Kier molecular flexibility index (Phi) is 6.46. The molecular formula is C31H39N5O7S+2. The number of quaternary nitrogens is 2. The summed E-state index contributed by atoms with van der Waals surface area (Å²) in [7, 11) is -3.81. The molecule has 2 bridgehead atoms. The van der Waals surface area contributed by atoms with Crippen molar-refractivity contribution in [1.29, 1.82) is 0 Å². The number of aliphatic carboxylic acids is 1. The SMILES string of the molecule is C[C@@H](O)[C@H]1C(=O)N2C(C(=O)O)=C(CN3c4ccc5ccc(C[N+]67CC[N+](CC(N)=O)(CC6)CC7)cc5c4CS3(=O)=O)[C@H](C)[C@H]12. The molecule has 6 aliphatic heterocycles. The minimum absolute atomic E-state index is 0.165. The molecule has 2 aromatic rings. The Morgan fingerprint density at radius 3 is 2.32 bits per heavy atom. The van der Waals surface area contributed by atoms with Crippen LogP contribution in [0.4, 0.5) is 5.69 Å². The molecule has 12 nitrogen and oxygen atoms in total. The maximum atomic E-state index is 13.7. The molecule has 234 valence electrons. The van der Waals surface area contributed by atoms with Gasteiger partial charge in [0.25, 0.3) is 5.91 Å². The molecule has 2 aromatic carbocycles. The van der Waals surface area contributed by atoms with Crippen LogP contribution in [0.1, 0.15) is 25.0 Å². The number of hydrogen-bond acceptors (Lipinski definition) is 6.